The highest BCUT2D eigenvalue weighted by molar-refractivity contribution is 5.92. The maximum absolute atomic E-state index is 12.5. The molecule has 0 aliphatic carbocycles. The largest absolute Gasteiger partial charge is 0.368 e. The molecule has 1 heterocycles. The van der Waals surface area contributed by atoms with E-state index in [0.717, 1.165) is 32.2 Å². The van der Waals surface area contributed by atoms with Gasteiger partial charge in [-0.3, -0.25) is 14.4 Å². The zero-order valence-electron chi connectivity index (χ0n) is 14.4. The number of unbranched alkanes of at least 4 members (excludes halogenated alkanes) is 1. The molecule has 0 bridgehead atoms. The van der Waals surface area contributed by atoms with E-state index in [2.05, 4.69) is 16.0 Å². The van der Waals surface area contributed by atoms with E-state index in [4.69, 9.17) is 5.73 Å². The minimum atomic E-state index is -0.690. The molecule has 1 saturated heterocycles. The van der Waals surface area contributed by atoms with Gasteiger partial charge in [0.2, 0.25) is 17.7 Å². The van der Waals surface area contributed by atoms with Crippen LogP contribution in [0.1, 0.15) is 52.9 Å². The maximum Gasteiger partial charge on any atom is 0.243 e. The molecule has 23 heavy (non-hydrogen) atoms. The zero-order valence-corrected chi connectivity index (χ0v) is 14.4. The second-order valence-electron chi connectivity index (χ2n) is 6.48. The standard InChI is InChI=1S/C16H30N4O3/c1-4-5-7-11(14(17)21)19-16(23)13(10(2)3)20-15(22)12-8-6-9-18-12/h10-13,18H,4-9H2,1-3H3,(H2,17,21)(H,19,23)(H,20,22)/t11-,12-,13-/m0/s1. The van der Waals surface area contributed by atoms with Crippen molar-refractivity contribution >= 4 is 17.7 Å². The molecule has 1 aliphatic rings. The number of primary amides is 1. The minimum Gasteiger partial charge on any atom is -0.368 e. The number of nitrogens with two attached hydrogens (primary N) is 1. The van der Waals surface area contributed by atoms with Gasteiger partial charge in [-0.1, -0.05) is 33.6 Å². The lowest BCUT2D eigenvalue weighted by atomic mass is 10.0. The number of hydrogen-bond acceptors (Lipinski definition) is 4. The Kier molecular flexibility index (Phi) is 8.02. The smallest absolute Gasteiger partial charge is 0.243 e. The first-order valence-electron chi connectivity index (χ1n) is 8.50. The van der Waals surface area contributed by atoms with Crippen LogP contribution in [0.5, 0.6) is 0 Å². The molecule has 0 saturated carbocycles. The molecule has 1 fully saturated rings. The highest BCUT2D eigenvalue weighted by atomic mass is 16.2. The van der Waals surface area contributed by atoms with Gasteiger partial charge in [0.1, 0.15) is 12.1 Å². The molecule has 0 aromatic carbocycles. The average Bonchev–Trinajstić information content (AvgIpc) is 3.02. The Morgan fingerprint density at radius 1 is 1.26 bits per heavy atom. The van der Waals surface area contributed by atoms with Gasteiger partial charge in [-0.05, 0) is 31.7 Å². The molecule has 7 nitrogen and oxygen atoms in total. The first kappa shape index (κ1) is 19.4. The summed E-state index contributed by atoms with van der Waals surface area (Å²) in [5.74, 6) is -1.15. The first-order chi connectivity index (χ1) is 10.9. The van der Waals surface area contributed by atoms with Gasteiger partial charge in [0, 0.05) is 0 Å². The summed E-state index contributed by atoms with van der Waals surface area (Å²) in [5.41, 5.74) is 5.35. The van der Waals surface area contributed by atoms with Crippen LogP contribution in [0.2, 0.25) is 0 Å². The van der Waals surface area contributed by atoms with E-state index in [0.29, 0.717) is 6.42 Å². The molecule has 3 atom stereocenters. The van der Waals surface area contributed by atoms with Crippen LogP contribution < -0.4 is 21.7 Å². The van der Waals surface area contributed by atoms with Gasteiger partial charge in [0.15, 0.2) is 0 Å². The number of nitrogens with one attached hydrogen (secondary N) is 3. The van der Waals surface area contributed by atoms with Crippen LogP contribution in [0.3, 0.4) is 0 Å². The molecule has 0 aromatic rings. The molecule has 0 spiro atoms. The predicted octanol–water partition coefficient (Wildman–Crippen LogP) is 0.0395. The molecule has 5 N–H and O–H groups in total. The van der Waals surface area contributed by atoms with Crippen molar-refractivity contribution in [3.8, 4) is 0 Å². The molecule has 1 rings (SSSR count). The fourth-order valence-electron chi connectivity index (χ4n) is 2.65. The monoisotopic (exact) mass is 326 g/mol. The van der Waals surface area contributed by atoms with E-state index in [1.165, 1.54) is 0 Å². The fourth-order valence-corrected chi connectivity index (χ4v) is 2.65. The third kappa shape index (κ3) is 6.17. The molecule has 7 heteroatoms. The lowest BCUT2D eigenvalue weighted by molar-refractivity contribution is -0.133. The van der Waals surface area contributed by atoms with Crippen LogP contribution >= 0.6 is 0 Å². The minimum absolute atomic E-state index is 0.0833. The van der Waals surface area contributed by atoms with Gasteiger partial charge in [-0.15, -0.1) is 0 Å². The van der Waals surface area contributed by atoms with E-state index in [1.807, 2.05) is 20.8 Å². The van der Waals surface area contributed by atoms with E-state index >= 15 is 0 Å². The highest BCUT2D eigenvalue weighted by Gasteiger charge is 2.30. The lowest BCUT2D eigenvalue weighted by Gasteiger charge is -2.25. The Hall–Kier alpha value is -1.63. The summed E-state index contributed by atoms with van der Waals surface area (Å²) in [7, 11) is 0. The Bertz CT molecular complexity index is 420. The first-order valence-corrected chi connectivity index (χ1v) is 8.50. The van der Waals surface area contributed by atoms with E-state index < -0.39 is 18.0 Å². The Balaban J connectivity index is 2.65. The van der Waals surface area contributed by atoms with E-state index in [1.54, 1.807) is 0 Å². The third-order valence-electron chi connectivity index (χ3n) is 4.13. The van der Waals surface area contributed by atoms with Crippen molar-refractivity contribution in [3.63, 3.8) is 0 Å². The summed E-state index contributed by atoms with van der Waals surface area (Å²) in [6, 6.07) is -1.60. The molecular weight excluding hydrogens is 296 g/mol. The topological polar surface area (TPSA) is 113 Å². The number of carbonyl (C=O) groups excluding carboxylic acids is 3. The summed E-state index contributed by atoms with van der Waals surface area (Å²) in [6.07, 6.45) is 3.96. The van der Waals surface area contributed by atoms with Gasteiger partial charge in [-0.2, -0.15) is 0 Å². The van der Waals surface area contributed by atoms with Crippen molar-refractivity contribution < 1.29 is 14.4 Å². The van der Waals surface area contributed by atoms with Crippen molar-refractivity contribution in [3.05, 3.63) is 0 Å². The van der Waals surface area contributed by atoms with Gasteiger partial charge in [0.25, 0.3) is 0 Å². The quantitative estimate of drug-likeness (QED) is 0.479. The van der Waals surface area contributed by atoms with Crippen molar-refractivity contribution in [1.29, 1.82) is 0 Å². The SMILES string of the molecule is CCCC[C@H](NC(=O)[C@@H](NC(=O)[C@@H]1CCCN1)C(C)C)C(N)=O. The van der Waals surface area contributed by atoms with Crippen LogP contribution in [0, 0.1) is 5.92 Å². The molecule has 132 valence electrons. The average molecular weight is 326 g/mol. The normalized spacial score (nSPS) is 20.1. The molecule has 3 amide bonds. The zero-order chi connectivity index (χ0) is 17.4. The molecule has 0 unspecified atom stereocenters. The summed E-state index contributed by atoms with van der Waals surface area (Å²) < 4.78 is 0. The second kappa shape index (κ2) is 9.50. The van der Waals surface area contributed by atoms with Crippen molar-refractivity contribution in [2.24, 2.45) is 11.7 Å². The van der Waals surface area contributed by atoms with Crippen LogP contribution in [0.15, 0.2) is 0 Å². The predicted molar refractivity (Wildman–Crippen MR) is 88.4 cm³/mol. The summed E-state index contributed by atoms with van der Waals surface area (Å²) >= 11 is 0. The van der Waals surface area contributed by atoms with Gasteiger partial charge in [-0.25, -0.2) is 0 Å². The summed E-state index contributed by atoms with van der Waals surface area (Å²) in [5, 5.41) is 8.58. The number of rotatable bonds is 9. The Morgan fingerprint density at radius 3 is 2.43 bits per heavy atom. The summed E-state index contributed by atoms with van der Waals surface area (Å²) in [6.45, 7) is 6.54. The number of amides is 3. The lowest BCUT2D eigenvalue weighted by Crippen LogP contribution is -2.56. The Labute approximate surface area is 138 Å². The van der Waals surface area contributed by atoms with Crippen LogP contribution in [-0.2, 0) is 14.4 Å². The van der Waals surface area contributed by atoms with Gasteiger partial charge < -0.3 is 21.7 Å². The van der Waals surface area contributed by atoms with Crippen molar-refractivity contribution in [2.75, 3.05) is 6.54 Å². The molecule has 0 aromatic heterocycles. The number of carbonyl (C=O) groups is 3. The van der Waals surface area contributed by atoms with Crippen molar-refractivity contribution in [1.82, 2.24) is 16.0 Å². The highest BCUT2D eigenvalue weighted by Crippen LogP contribution is 2.09. The number of hydrogen-bond donors (Lipinski definition) is 4. The maximum atomic E-state index is 12.5. The third-order valence-corrected chi connectivity index (χ3v) is 4.13. The van der Waals surface area contributed by atoms with Crippen LogP contribution in [0.25, 0.3) is 0 Å². The summed E-state index contributed by atoms with van der Waals surface area (Å²) in [4.78, 5) is 36.1. The van der Waals surface area contributed by atoms with Crippen LogP contribution in [0.4, 0.5) is 0 Å². The van der Waals surface area contributed by atoms with E-state index in [9.17, 15) is 14.4 Å². The molecule has 0 radical (unpaired) electrons. The van der Waals surface area contributed by atoms with Gasteiger partial charge in [0.05, 0.1) is 6.04 Å². The van der Waals surface area contributed by atoms with E-state index in [-0.39, 0.29) is 23.8 Å². The van der Waals surface area contributed by atoms with Gasteiger partial charge >= 0.3 is 0 Å². The van der Waals surface area contributed by atoms with Crippen molar-refractivity contribution in [2.45, 2.75) is 71.0 Å². The Morgan fingerprint density at radius 2 is 1.96 bits per heavy atom. The molecule has 1 aliphatic heterocycles. The van der Waals surface area contributed by atoms with Crippen LogP contribution in [-0.4, -0.2) is 42.4 Å². The fraction of sp³-hybridized carbons (Fsp3) is 0.812. The molecular formula is C16H30N4O3. The second-order valence-corrected chi connectivity index (χ2v) is 6.48.